The summed E-state index contributed by atoms with van der Waals surface area (Å²) in [6, 6.07) is 14.8. The van der Waals surface area contributed by atoms with Gasteiger partial charge in [0.1, 0.15) is 0 Å². The van der Waals surface area contributed by atoms with E-state index in [4.69, 9.17) is 0 Å². The van der Waals surface area contributed by atoms with Gasteiger partial charge in [-0.2, -0.15) is 0 Å². The number of rotatable bonds is 3. The quantitative estimate of drug-likeness (QED) is 0.639. The number of aromatic nitrogens is 1. The van der Waals surface area contributed by atoms with Crippen LogP contribution >= 0.6 is 0 Å². The average Bonchev–Trinajstić information content (AvgIpc) is 3.10. The fourth-order valence-corrected chi connectivity index (χ4v) is 3.37. The molecule has 0 amide bonds. The zero-order valence-corrected chi connectivity index (χ0v) is 14.7. The highest BCUT2D eigenvalue weighted by Gasteiger charge is 2.14. The minimum Gasteiger partial charge on any atom is -0.265 e. The Morgan fingerprint density at radius 1 is 0.731 bits per heavy atom. The molecule has 0 radical (unpaired) electrons. The molecule has 0 unspecified atom stereocenters. The van der Waals surface area contributed by atoms with Crippen molar-refractivity contribution in [3.8, 4) is 0 Å². The molecule has 0 fully saturated rings. The smallest absolute Gasteiger partial charge is 0.0273 e. The summed E-state index contributed by atoms with van der Waals surface area (Å²) in [5.41, 5.74) is 7.61. The molecule has 4 rings (SSSR count). The molecule has 1 heterocycles. The maximum absolute atomic E-state index is 4.15. The van der Waals surface area contributed by atoms with Gasteiger partial charge in [-0.3, -0.25) is 4.98 Å². The number of benzene rings is 1. The Labute approximate surface area is 155 Å². The first-order valence-corrected chi connectivity index (χ1v) is 9.03. The van der Waals surface area contributed by atoms with Crippen LogP contribution in [0.2, 0.25) is 0 Å². The van der Waals surface area contributed by atoms with Gasteiger partial charge in [-0.05, 0) is 58.4 Å². The maximum atomic E-state index is 4.15. The van der Waals surface area contributed by atoms with Gasteiger partial charge >= 0.3 is 0 Å². The van der Waals surface area contributed by atoms with Crippen LogP contribution in [0.1, 0.15) is 24.0 Å². The summed E-state index contributed by atoms with van der Waals surface area (Å²) in [6.07, 6.45) is 23.5. The Morgan fingerprint density at radius 2 is 1.54 bits per heavy atom. The van der Waals surface area contributed by atoms with Crippen molar-refractivity contribution >= 4 is 11.1 Å². The van der Waals surface area contributed by atoms with Gasteiger partial charge in [-0.25, -0.2) is 0 Å². The topological polar surface area (TPSA) is 12.9 Å². The van der Waals surface area contributed by atoms with Crippen LogP contribution in [0, 0.1) is 0 Å². The van der Waals surface area contributed by atoms with Crippen LogP contribution in [0.5, 0.6) is 0 Å². The Balaban J connectivity index is 1.78. The lowest BCUT2D eigenvalue weighted by molar-refractivity contribution is 1.29. The molecule has 1 nitrogen and oxygen atoms in total. The largest absolute Gasteiger partial charge is 0.265 e. The molecule has 1 heteroatoms. The standard InChI is InChI=1S/C25H21N/c1-3-9-21(10-4-1)24-13-5-2-6-14-25(24)23-12-8-7-11-22(19-23)20-15-17-26-18-16-20/h1-5,7-10,12-19H,6,11H2. The average molecular weight is 335 g/mol. The molecule has 2 aliphatic rings. The van der Waals surface area contributed by atoms with Crippen molar-refractivity contribution in [1.29, 1.82) is 0 Å². The number of hydrogen-bond donors (Lipinski definition) is 0. The number of allylic oxidation sites excluding steroid dienone is 12. The van der Waals surface area contributed by atoms with Crippen LogP contribution in [-0.2, 0) is 0 Å². The maximum Gasteiger partial charge on any atom is 0.0273 e. The van der Waals surface area contributed by atoms with Crippen molar-refractivity contribution in [2.45, 2.75) is 12.8 Å². The monoisotopic (exact) mass is 335 g/mol. The molecule has 1 aromatic carbocycles. The molecule has 2 aliphatic carbocycles. The fraction of sp³-hybridized carbons (Fsp3) is 0.0800. The van der Waals surface area contributed by atoms with Crippen molar-refractivity contribution in [3.05, 3.63) is 126 Å². The first-order chi connectivity index (χ1) is 12.9. The Morgan fingerprint density at radius 3 is 2.38 bits per heavy atom. The molecule has 2 aromatic rings. The molecule has 0 bridgehead atoms. The summed E-state index contributed by atoms with van der Waals surface area (Å²) in [7, 11) is 0. The van der Waals surface area contributed by atoms with E-state index in [9.17, 15) is 0 Å². The molecule has 0 aliphatic heterocycles. The van der Waals surface area contributed by atoms with E-state index in [-0.39, 0.29) is 0 Å². The van der Waals surface area contributed by atoms with Gasteiger partial charge in [-0.15, -0.1) is 0 Å². The Kier molecular flexibility index (Phi) is 4.88. The van der Waals surface area contributed by atoms with E-state index in [1.165, 1.54) is 33.4 Å². The predicted molar refractivity (Wildman–Crippen MR) is 110 cm³/mol. The third-order valence-electron chi connectivity index (χ3n) is 4.67. The SMILES string of the molecule is C1=CCC=C(C2=CC=CCC(c3ccncc3)=C2)C(c2ccccc2)=C1. The second kappa shape index (κ2) is 7.79. The lowest BCUT2D eigenvalue weighted by Gasteiger charge is -2.14. The molecule has 126 valence electrons. The molecule has 0 saturated heterocycles. The van der Waals surface area contributed by atoms with Crippen LogP contribution in [0.25, 0.3) is 11.1 Å². The first kappa shape index (κ1) is 16.3. The highest BCUT2D eigenvalue weighted by atomic mass is 14.6. The number of hydrogen-bond acceptors (Lipinski definition) is 1. The molecule has 1 aromatic heterocycles. The van der Waals surface area contributed by atoms with Crippen molar-refractivity contribution in [1.82, 2.24) is 4.98 Å². The zero-order valence-electron chi connectivity index (χ0n) is 14.7. The van der Waals surface area contributed by atoms with Gasteiger partial charge in [0.2, 0.25) is 0 Å². The van der Waals surface area contributed by atoms with E-state index in [1.54, 1.807) is 0 Å². The summed E-state index contributed by atoms with van der Waals surface area (Å²) in [5.74, 6) is 0. The van der Waals surface area contributed by atoms with E-state index in [1.807, 2.05) is 12.4 Å². The minimum absolute atomic E-state index is 0.930. The molecule has 26 heavy (non-hydrogen) atoms. The summed E-state index contributed by atoms with van der Waals surface area (Å²) >= 11 is 0. The van der Waals surface area contributed by atoms with Crippen LogP contribution < -0.4 is 0 Å². The second-order valence-corrected chi connectivity index (χ2v) is 6.39. The van der Waals surface area contributed by atoms with Crippen molar-refractivity contribution in [2.75, 3.05) is 0 Å². The summed E-state index contributed by atoms with van der Waals surface area (Å²) in [5, 5.41) is 0. The summed E-state index contributed by atoms with van der Waals surface area (Å²) in [4.78, 5) is 4.15. The van der Waals surface area contributed by atoms with E-state index < -0.39 is 0 Å². The van der Waals surface area contributed by atoms with Gasteiger partial charge in [0.25, 0.3) is 0 Å². The van der Waals surface area contributed by atoms with E-state index in [2.05, 4.69) is 96.1 Å². The highest BCUT2D eigenvalue weighted by molar-refractivity contribution is 5.88. The fourth-order valence-electron chi connectivity index (χ4n) is 3.37. The van der Waals surface area contributed by atoms with Crippen LogP contribution in [0.4, 0.5) is 0 Å². The first-order valence-electron chi connectivity index (χ1n) is 9.03. The van der Waals surface area contributed by atoms with Gasteiger partial charge in [-0.1, -0.05) is 78.9 Å². The molecule has 0 saturated carbocycles. The summed E-state index contributed by atoms with van der Waals surface area (Å²) in [6.45, 7) is 0. The van der Waals surface area contributed by atoms with Crippen molar-refractivity contribution in [3.63, 3.8) is 0 Å². The lowest BCUT2D eigenvalue weighted by atomic mass is 9.90. The van der Waals surface area contributed by atoms with Gasteiger partial charge in [0.05, 0.1) is 0 Å². The third kappa shape index (κ3) is 3.57. The van der Waals surface area contributed by atoms with E-state index in [0.717, 1.165) is 12.8 Å². The van der Waals surface area contributed by atoms with Crippen molar-refractivity contribution in [2.24, 2.45) is 0 Å². The number of pyridine rings is 1. The lowest BCUT2D eigenvalue weighted by Crippen LogP contribution is -1.94. The van der Waals surface area contributed by atoms with Crippen LogP contribution in [0.3, 0.4) is 0 Å². The van der Waals surface area contributed by atoms with Crippen LogP contribution in [0.15, 0.2) is 115 Å². The predicted octanol–water partition coefficient (Wildman–Crippen LogP) is 6.32. The minimum atomic E-state index is 0.930. The number of nitrogens with zero attached hydrogens (tertiary/aromatic N) is 1. The molecular formula is C25H21N. The Bertz CT molecular complexity index is 952. The molecule has 0 spiro atoms. The molecular weight excluding hydrogens is 314 g/mol. The summed E-state index contributed by atoms with van der Waals surface area (Å²) < 4.78 is 0. The van der Waals surface area contributed by atoms with Gasteiger partial charge in [0.15, 0.2) is 0 Å². The Hall–Kier alpha value is -3.19. The van der Waals surface area contributed by atoms with E-state index >= 15 is 0 Å². The third-order valence-corrected chi connectivity index (χ3v) is 4.67. The van der Waals surface area contributed by atoms with Crippen molar-refractivity contribution < 1.29 is 0 Å². The van der Waals surface area contributed by atoms with Crippen LogP contribution in [-0.4, -0.2) is 4.98 Å². The molecule has 0 atom stereocenters. The zero-order chi connectivity index (χ0) is 17.6. The van der Waals surface area contributed by atoms with Gasteiger partial charge < -0.3 is 0 Å². The molecule has 0 N–H and O–H groups in total. The highest BCUT2D eigenvalue weighted by Crippen LogP contribution is 2.34. The normalized spacial score (nSPS) is 16.8. The second-order valence-electron chi connectivity index (χ2n) is 6.39. The van der Waals surface area contributed by atoms with Gasteiger partial charge in [0, 0.05) is 12.4 Å². The van der Waals surface area contributed by atoms with E-state index in [0.29, 0.717) is 0 Å².